The number of rotatable bonds is 9. The number of hydrogen-bond donors (Lipinski definition) is 0. The molecule has 3 aromatic carbocycles. The summed E-state index contributed by atoms with van der Waals surface area (Å²) in [6.07, 6.45) is 1.86. The first-order valence-corrected chi connectivity index (χ1v) is 13.3. The minimum Gasteiger partial charge on any atom is -0.497 e. The molecule has 0 aliphatic rings. The van der Waals surface area contributed by atoms with E-state index in [4.69, 9.17) is 9.47 Å². The van der Waals surface area contributed by atoms with Crippen LogP contribution in [0.5, 0.6) is 11.5 Å². The number of thiophene rings is 1. The molecule has 2 heterocycles. The number of benzene rings is 3. The molecule has 0 bridgehead atoms. The Labute approximate surface area is 227 Å². The van der Waals surface area contributed by atoms with Gasteiger partial charge < -0.3 is 14.0 Å². The van der Waals surface area contributed by atoms with Gasteiger partial charge in [-0.15, -0.1) is 11.3 Å². The van der Waals surface area contributed by atoms with Crippen LogP contribution in [0.4, 0.5) is 0 Å². The highest BCUT2D eigenvalue weighted by Crippen LogP contribution is 2.39. The molecule has 0 aliphatic carbocycles. The van der Waals surface area contributed by atoms with Crippen molar-refractivity contribution < 1.29 is 9.47 Å². The Morgan fingerprint density at radius 1 is 0.895 bits per heavy atom. The summed E-state index contributed by atoms with van der Waals surface area (Å²) in [4.78, 5) is 17.9. The van der Waals surface area contributed by atoms with E-state index in [0.29, 0.717) is 18.7 Å². The monoisotopic (exact) mass is 523 g/mol. The van der Waals surface area contributed by atoms with E-state index in [9.17, 15) is 4.79 Å². The smallest absolute Gasteiger partial charge is 0.193 e. The minimum atomic E-state index is -0.0181. The van der Waals surface area contributed by atoms with Gasteiger partial charge in [-0.05, 0) is 61.0 Å². The second-order valence-corrected chi connectivity index (χ2v) is 10.4. The normalized spacial score (nSPS) is 11.3. The Balaban J connectivity index is 1.66. The van der Waals surface area contributed by atoms with Crippen molar-refractivity contribution in [3.8, 4) is 21.9 Å². The van der Waals surface area contributed by atoms with Crippen LogP contribution in [0.1, 0.15) is 22.3 Å². The molecule has 0 spiro atoms. The van der Waals surface area contributed by atoms with E-state index in [0.717, 1.165) is 49.8 Å². The first kappa shape index (κ1) is 25.8. The molecule has 0 saturated heterocycles. The van der Waals surface area contributed by atoms with Crippen molar-refractivity contribution in [1.82, 2.24) is 9.47 Å². The van der Waals surface area contributed by atoms with E-state index in [1.165, 1.54) is 5.56 Å². The van der Waals surface area contributed by atoms with Gasteiger partial charge in [0.05, 0.1) is 26.2 Å². The molecule has 38 heavy (non-hydrogen) atoms. The first-order chi connectivity index (χ1) is 18.5. The molecule has 0 aliphatic heterocycles. The lowest BCUT2D eigenvalue weighted by Gasteiger charge is -2.18. The second-order valence-electron chi connectivity index (χ2n) is 9.40. The number of aromatic nitrogens is 1. The molecule has 5 rings (SSSR count). The lowest BCUT2D eigenvalue weighted by Crippen LogP contribution is -2.19. The maximum atomic E-state index is 13.6. The second kappa shape index (κ2) is 11.3. The van der Waals surface area contributed by atoms with Crippen molar-refractivity contribution in [2.24, 2.45) is 0 Å². The van der Waals surface area contributed by atoms with E-state index in [-0.39, 0.29) is 5.43 Å². The molecular weight excluding hydrogens is 492 g/mol. The van der Waals surface area contributed by atoms with Crippen LogP contribution in [0, 0.1) is 6.92 Å². The summed E-state index contributed by atoms with van der Waals surface area (Å²) < 4.78 is 13.1. The number of pyridine rings is 1. The van der Waals surface area contributed by atoms with Gasteiger partial charge in [-0.1, -0.05) is 48.5 Å². The van der Waals surface area contributed by atoms with Crippen molar-refractivity contribution in [3.05, 3.63) is 124 Å². The van der Waals surface area contributed by atoms with Crippen LogP contribution in [-0.2, 0) is 19.6 Å². The molecule has 0 amide bonds. The highest BCUT2D eigenvalue weighted by Gasteiger charge is 2.22. The fraction of sp³-hybridized carbons (Fsp3) is 0.188. The molecule has 0 saturated carbocycles. The Kier molecular flexibility index (Phi) is 7.63. The molecule has 5 aromatic rings. The van der Waals surface area contributed by atoms with E-state index < -0.39 is 0 Å². The Hall–Kier alpha value is -3.87. The summed E-state index contributed by atoms with van der Waals surface area (Å²) >= 11 is 1.65. The van der Waals surface area contributed by atoms with Gasteiger partial charge in [-0.25, -0.2) is 0 Å². The standard InChI is InChI=1S/C32H31N2O3S/c1-22-18-34(20-25-12-8-9-13-28(25)37-4)32-29(30(22)35)27(21-33(2)19-23-10-6-5-7-11-23)31(38-32)24-14-16-26(36-3)17-15-24/h5-18H,1,19-21H2,2-4H3. The van der Waals surface area contributed by atoms with E-state index in [2.05, 4.69) is 65.9 Å². The fourth-order valence-electron chi connectivity index (χ4n) is 4.84. The van der Waals surface area contributed by atoms with Gasteiger partial charge in [-0.2, -0.15) is 0 Å². The summed E-state index contributed by atoms with van der Waals surface area (Å²) in [5.74, 6) is 1.62. The highest BCUT2D eigenvalue weighted by molar-refractivity contribution is 7.22. The first-order valence-electron chi connectivity index (χ1n) is 12.5. The van der Waals surface area contributed by atoms with Crippen molar-refractivity contribution >= 4 is 21.6 Å². The third kappa shape index (κ3) is 5.23. The number of para-hydroxylation sites is 1. The summed E-state index contributed by atoms with van der Waals surface area (Å²) in [5, 5.41) is 0.739. The molecule has 6 heteroatoms. The molecule has 2 aromatic heterocycles. The van der Waals surface area contributed by atoms with E-state index in [1.54, 1.807) is 25.6 Å². The van der Waals surface area contributed by atoms with Gasteiger partial charge in [0, 0.05) is 35.3 Å². The molecule has 0 fully saturated rings. The van der Waals surface area contributed by atoms with E-state index in [1.807, 2.05) is 42.6 Å². The molecular formula is C32H31N2O3S. The number of ether oxygens (including phenoxy) is 2. The maximum Gasteiger partial charge on any atom is 0.193 e. The number of fused-ring (bicyclic) bond motifs is 1. The van der Waals surface area contributed by atoms with Crippen LogP contribution in [-0.4, -0.2) is 30.7 Å². The van der Waals surface area contributed by atoms with Gasteiger partial charge in [0.25, 0.3) is 0 Å². The average molecular weight is 524 g/mol. The van der Waals surface area contributed by atoms with Crippen LogP contribution in [0.15, 0.2) is 89.9 Å². The zero-order valence-electron chi connectivity index (χ0n) is 21.9. The predicted octanol–water partition coefficient (Wildman–Crippen LogP) is 6.61. The van der Waals surface area contributed by atoms with Gasteiger partial charge >= 0.3 is 0 Å². The zero-order chi connectivity index (χ0) is 26.6. The van der Waals surface area contributed by atoms with Crippen LogP contribution >= 0.6 is 11.3 Å². The summed E-state index contributed by atoms with van der Waals surface area (Å²) in [5.41, 5.74) is 4.82. The van der Waals surface area contributed by atoms with Crippen LogP contribution in [0.2, 0.25) is 0 Å². The fourth-order valence-corrected chi connectivity index (χ4v) is 6.13. The Morgan fingerprint density at radius 2 is 1.61 bits per heavy atom. The number of nitrogens with zero attached hydrogens (tertiary/aromatic N) is 2. The van der Waals surface area contributed by atoms with E-state index >= 15 is 0 Å². The van der Waals surface area contributed by atoms with Crippen LogP contribution in [0.3, 0.4) is 0 Å². The molecule has 0 atom stereocenters. The molecule has 0 N–H and O–H groups in total. The predicted molar refractivity (Wildman–Crippen MR) is 156 cm³/mol. The Morgan fingerprint density at radius 3 is 2.32 bits per heavy atom. The molecule has 193 valence electrons. The Bertz CT molecular complexity index is 1600. The molecule has 1 radical (unpaired) electrons. The van der Waals surface area contributed by atoms with Crippen molar-refractivity contribution in [2.45, 2.75) is 19.6 Å². The van der Waals surface area contributed by atoms with Gasteiger partial charge in [-0.3, -0.25) is 9.69 Å². The maximum absolute atomic E-state index is 13.6. The average Bonchev–Trinajstić information content (AvgIpc) is 3.31. The quantitative estimate of drug-likeness (QED) is 0.218. The van der Waals surface area contributed by atoms with Gasteiger partial charge in [0.2, 0.25) is 0 Å². The zero-order valence-corrected chi connectivity index (χ0v) is 22.8. The topological polar surface area (TPSA) is 43.7 Å². The SMILES string of the molecule is [CH2]c1cn(Cc2ccccc2OC)c2sc(-c3ccc(OC)cc3)c(CN(C)Cc3ccccc3)c2c1=O. The third-order valence-electron chi connectivity index (χ3n) is 6.69. The molecule has 5 nitrogen and oxygen atoms in total. The highest BCUT2D eigenvalue weighted by atomic mass is 32.1. The van der Waals surface area contributed by atoms with Crippen molar-refractivity contribution in [2.75, 3.05) is 21.3 Å². The number of methoxy groups -OCH3 is 2. The molecule has 0 unspecified atom stereocenters. The summed E-state index contributed by atoms with van der Waals surface area (Å²) in [6, 6.07) is 26.4. The number of hydrogen-bond acceptors (Lipinski definition) is 5. The summed E-state index contributed by atoms with van der Waals surface area (Å²) in [7, 11) is 5.44. The summed E-state index contributed by atoms with van der Waals surface area (Å²) in [6.45, 7) is 6.10. The minimum absolute atomic E-state index is 0.0181. The largest absolute Gasteiger partial charge is 0.497 e. The van der Waals surface area contributed by atoms with Gasteiger partial charge in [0.1, 0.15) is 16.3 Å². The lowest BCUT2D eigenvalue weighted by atomic mass is 10.0. The third-order valence-corrected chi connectivity index (χ3v) is 8.01. The van der Waals surface area contributed by atoms with Crippen molar-refractivity contribution in [3.63, 3.8) is 0 Å². The van der Waals surface area contributed by atoms with Crippen LogP contribution < -0.4 is 14.9 Å². The van der Waals surface area contributed by atoms with Crippen molar-refractivity contribution in [1.29, 1.82) is 0 Å². The van der Waals surface area contributed by atoms with Gasteiger partial charge in [0.15, 0.2) is 5.43 Å². The van der Waals surface area contributed by atoms with Crippen LogP contribution in [0.25, 0.3) is 20.7 Å². The lowest BCUT2D eigenvalue weighted by molar-refractivity contribution is 0.321.